The van der Waals surface area contributed by atoms with Gasteiger partial charge in [0.15, 0.2) is 5.79 Å². The number of carbonyl (C=O) groups excluding carboxylic acids is 1. The summed E-state index contributed by atoms with van der Waals surface area (Å²) in [5.74, 6) is -0.692. The van der Waals surface area contributed by atoms with E-state index in [9.17, 15) is 9.90 Å². The van der Waals surface area contributed by atoms with E-state index in [0.29, 0.717) is 26.2 Å². The lowest BCUT2D eigenvalue weighted by molar-refractivity contribution is -0.187. The van der Waals surface area contributed by atoms with E-state index in [0.717, 1.165) is 0 Å². The number of allylic oxidation sites excluding steroid dienone is 1. The molecule has 0 unspecified atom stereocenters. The number of likely N-dealkylation sites (tertiary alicyclic amines) is 1. The molecule has 0 bridgehead atoms. The topological polar surface area (TPSA) is 68.2 Å². The van der Waals surface area contributed by atoms with E-state index in [1.54, 1.807) is 11.0 Å². The van der Waals surface area contributed by atoms with Gasteiger partial charge < -0.3 is 24.2 Å². The largest absolute Gasteiger partial charge is 0.453 e. The van der Waals surface area contributed by atoms with E-state index in [1.807, 2.05) is 6.92 Å². The van der Waals surface area contributed by atoms with Crippen LogP contribution in [-0.2, 0) is 14.2 Å². The summed E-state index contributed by atoms with van der Waals surface area (Å²) in [7, 11) is 1.34. The van der Waals surface area contributed by atoms with Crippen molar-refractivity contribution in [3.8, 4) is 0 Å². The minimum atomic E-state index is -0.718. The van der Waals surface area contributed by atoms with Gasteiger partial charge in [0.2, 0.25) is 0 Å². The van der Waals surface area contributed by atoms with Crippen LogP contribution in [0.5, 0.6) is 0 Å². The van der Waals surface area contributed by atoms with Crippen LogP contribution >= 0.6 is 0 Å². The van der Waals surface area contributed by atoms with E-state index in [2.05, 4.69) is 6.58 Å². The Balaban J connectivity index is 2.25. The number of aliphatic hydroxyl groups excluding tert-OH is 1. The molecule has 2 aliphatic heterocycles. The van der Waals surface area contributed by atoms with Crippen molar-refractivity contribution in [3.63, 3.8) is 0 Å². The van der Waals surface area contributed by atoms with E-state index in [4.69, 9.17) is 14.2 Å². The number of ether oxygens (including phenoxy) is 3. The molecular formula is C14H23NO5. The third kappa shape index (κ3) is 2.55. The van der Waals surface area contributed by atoms with Crippen LogP contribution in [0.3, 0.4) is 0 Å². The highest BCUT2D eigenvalue weighted by Gasteiger charge is 2.53. The van der Waals surface area contributed by atoms with Crippen molar-refractivity contribution in [2.45, 2.75) is 25.2 Å². The Morgan fingerprint density at radius 3 is 2.70 bits per heavy atom. The molecule has 6 heteroatoms. The molecule has 0 aliphatic carbocycles. The Morgan fingerprint density at radius 2 is 2.20 bits per heavy atom. The van der Waals surface area contributed by atoms with Crippen molar-refractivity contribution in [1.82, 2.24) is 4.90 Å². The Hall–Kier alpha value is -1.11. The summed E-state index contributed by atoms with van der Waals surface area (Å²) >= 11 is 0. The first-order chi connectivity index (χ1) is 9.57. The Kier molecular flexibility index (Phi) is 4.67. The predicted octanol–water partition coefficient (Wildman–Crippen LogP) is 1.00. The van der Waals surface area contributed by atoms with Gasteiger partial charge >= 0.3 is 6.09 Å². The second-order valence-electron chi connectivity index (χ2n) is 5.38. The van der Waals surface area contributed by atoms with Crippen molar-refractivity contribution in [3.05, 3.63) is 12.7 Å². The second kappa shape index (κ2) is 6.11. The average Bonchev–Trinajstić information content (AvgIpc) is 3.03. The van der Waals surface area contributed by atoms with Gasteiger partial charge in [-0.3, -0.25) is 0 Å². The summed E-state index contributed by atoms with van der Waals surface area (Å²) < 4.78 is 16.3. The third-order valence-corrected chi connectivity index (χ3v) is 4.37. The summed E-state index contributed by atoms with van der Waals surface area (Å²) in [6.45, 7) is 7.11. The molecule has 2 saturated heterocycles. The van der Waals surface area contributed by atoms with Gasteiger partial charge in [0, 0.05) is 12.5 Å². The third-order valence-electron chi connectivity index (χ3n) is 4.37. The summed E-state index contributed by atoms with van der Waals surface area (Å²) in [6.07, 6.45) is 2.06. The average molecular weight is 285 g/mol. The number of amides is 1. The summed E-state index contributed by atoms with van der Waals surface area (Å²) in [5.41, 5.74) is 0. The lowest BCUT2D eigenvalue weighted by Crippen LogP contribution is -2.41. The molecule has 6 nitrogen and oxygen atoms in total. The molecule has 2 aliphatic rings. The predicted molar refractivity (Wildman–Crippen MR) is 72.1 cm³/mol. The van der Waals surface area contributed by atoms with Gasteiger partial charge in [-0.15, -0.1) is 6.58 Å². The monoisotopic (exact) mass is 285 g/mol. The molecule has 2 heterocycles. The fourth-order valence-corrected chi connectivity index (χ4v) is 3.36. The first kappa shape index (κ1) is 15.3. The van der Waals surface area contributed by atoms with Crippen LogP contribution < -0.4 is 0 Å². The first-order valence-electron chi connectivity index (χ1n) is 6.91. The molecule has 1 N–H and O–H groups in total. The molecule has 0 spiro atoms. The Morgan fingerprint density at radius 1 is 1.55 bits per heavy atom. The maximum atomic E-state index is 11.9. The molecule has 0 saturated carbocycles. The van der Waals surface area contributed by atoms with Gasteiger partial charge in [0.25, 0.3) is 0 Å². The fraction of sp³-hybridized carbons (Fsp3) is 0.786. The number of hydrogen-bond acceptors (Lipinski definition) is 5. The maximum absolute atomic E-state index is 11.9. The van der Waals surface area contributed by atoms with Crippen molar-refractivity contribution in [2.24, 2.45) is 11.8 Å². The smallest absolute Gasteiger partial charge is 0.409 e. The summed E-state index contributed by atoms with van der Waals surface area (Å²) in [4.78, 5) is 13.4. The number of hydrogen-bond donors (Lipinski definition) is 1. The van der Waals surface area contributed by atoms with Gasteiger partial charge in [0.1, 0.15) is 0 Å². The van der Waals surface area contributed by atoms with E-state index in [-0.39, 0.29) is 24.5 Å². The van der Waals surface area contributed by atoms with E-state index >= 15 is 0 Å². The van der Waals surface area contributed by atoms with Gasteiger partial charge in [-0.1, -0.05) is 6.08 Å². The lowest BCUT2D eigenvalue weighted by atomic mass is 9.83. The molecule has 114 valence electrons. The fourth-order valence-electron chi connectivity index (χ4n) is 3.36. The van der Waals surface area contributed by atoms with Crippen LogP contribution in [0.1, 0.15) is 13.3 Å². The summed E-state index contributed by atoms with van der Waals surface area (Å²) in [6, 6.07) is -0.296. The first-order valence-corrected chi connectivity index (χ1v) is 6.91. The van der Waals surface area contributed by atoms with E-state index in [1.165, 1.54) is 7.11 Å². The van der Waals surface area contributed by atoms with Crippen molar-refractivity contribution in [2.75, 3.05) is 33.5 Å². The van der Waals surface area contributed by atoms with Crippen LogP contribution in [0.4, 0.5) is 4.79 Å². The molecule has 20 heavy (non-hydrogen) atoms. The number of carbonyl (C=O) groups is 1. The van der Waals surface area contributed by atoms with E-state index < -0.39 is 11.9 Å². The van der Waals surface area contributed by atoms with Gasteiger partial charge in [-0.25, -0.2) is 4.79 Å². The molecular weight excluding hydrogens is 262 g/mol. The molecule has 0 aromatic heterocycles. The molecule has 1 amide bonds. The molecule has 0 aromatic rings. The van der Waals surface area contributed by atoms with Crippen LogP contribution in [0.25, 0.3) is 0 Å². The maximum Gasteiger partial charge on any atom is 0.409 e. The molecule has 2 fully saturated rings. The quantitative estimate of drug-likeness (QED) is 0.781. The highest BCUT2D eigenvalue weighted by atomic mass is 16.7. The van der Waals surface area contributed by atoms with Crippen molar-refractivity contribution in [1.29, 1.82) is 0 Å². The van der Waals surface area contributed by atoms with Gasteiger partial charge in [-0.05, 0) is 19.3 Å². The molecule has 3 atom stereocenters. The SMILES string of the molecule is C=CC[C@@H]1[C@@H](CO)N(C(=O)OC)C[C@H]1C1(C)OCCO1. The van der Waals surface area contributed by atoms with Gasteiger partial charge in [-0.2, -0.15) is 0 Å². The number of nitrogens with zero attached hydrogens (tertiary/aromatic N) is 1. The highest BCUT2D eigenvalue weighted by Crippen LogP contribution is 2.43. The zero-order chi connectivity index (χ0) is 14.8. The van der Waals surface area contributed by atoms with Crippen LogP contribution in [0, 0.1) is 11.8 Å². The molecule has 0 radical (unpaired) electrons. The van der Waals surface area contributed by atoms with Crippen molar-refractivity contribution < 1.29 is 24.1 Å². The highest BCUT2D eigenvalue weighted by molar-refractivity contribution is 5.68. The summed E-state index contributed by atoms with van der Waals surface area (Å²) in [5, 5.41) is 9.66. The Bertz CT molecular complexity index is 367. The number of rotatable bonds is 4. The zero-order valence-electron chi connectivity index (χ0n) is 12.1. The normalized spacial score (nSPS) is 32.4. The minimum absolute atomic E-state index is 0.0146. The Labute approximate surface area is 119 Å². The lowest BCUT2D eigenvalue weighted by Gasteiger charge is -2.33. The minimum Gasteiger partial charge on any atom is -0.453 e. The van der Waals surface area contributed by atoms with Crippen LogP contribution in [0.2, 0.25) is 0 Å². The molecule has 2 rings (SSSR count). The number of aliphatic hydroxyl groups is 1. The van der Waals surface area contributed by atoms with Gasteiger partial charge in [0.05, 0.1) is 33.0 Å². The zero-order valence-corrected chi connectivity index (χ0v) is 12.1. The standard InChI is InChI=1S/C14H23NO5/c1-4-5-10-11(14(2)19-6-7-20-14)8-15(12(10)9-16)13(17)18-3/h4,10-12,16H,1,5-9H2,2-3H3/t10-,11+,12+/m0/s1. The molecule has 0 aromatic carbocycles. The van der Waals surface area contributed by atoms with Crippen LogP contribution in [-0.4, -0.2) is 61.4 Å². The second-order valence-corrected chi connectivity index (χ2v) is 5.38. The van der Waals surface area contributed by atoms with Crippen LogP contribution in [0.15, 0.2) is 12.7 Å². The number of methoxy groups -OCH3 is 1. The van der Waals surface area contributed by atoms with Crippen molar-refractivity contribution >= 4 is 6.09 Å².